The van der Waals surface area contributed by atoms with Crippen LogP contribution in [0.5, 0.6) is 5.75 Å². The van der Waals surface area contributed by atoms with E-state index in [9.17, 15) is 23.9 Å². The number of fused-ring (bicyclic) bond motifs is 2. The molecule has 3 aromatic carbocycles. The van der Waals surface area contributed by atoms with Crippen molar-refractivity contribution < 1.29 is 33.4 Å². The molecule has 2 aliphatic rings. The minimum Gasteiger partial charge on any atom is -0.492 e. The molecule has 0 saturated carbocycles. The topological polar surface area (TPSA) is 108 Å². The largest absolute Gasteiger partial charge is 0.492 e. The molecule has 5 rings (SSSR count). The lowest BCUT2D eigenvalue weighted by molar-refractivity contribution is -0.141. The molecule has 3 atom stereocenters. The predicted octanol–water partition coefficient (Wildman–Crippen LogP) is 5.46. The number of ether oxygens (including phenoxy) is 2. The zero-order valence-electron chi connectivity index (χ0n) is 27.9. The van der Waals surface area contributed by atoms with Gasteiger partial charge >= 0.3 is 5.97 Å². The number of piperazine rings is 1. The number of hydrogen-bond acceptors (Lipinski definition) is 7. The SMILES string of the molecule is COC(=O)CCCC(=O)N1C[C@H]2CC(c3ccc(CCCOc4cc(F)ccc4Br)cc3)=C(C(=O)N(C)C[C@H](O)c3ccccc3)[C@@H](C1)N2. The Morgan fingerprint density at radius 2 is 1.80 bits per heavy atom. The second kappa shape index (κ2) is 17.0. The quantitative estimate of drug-likeness (QED) is 0.167. The maximum atomic E-state index is 14.2. The summed E-state index contributed by atoms with van der Waals surface area (Å²) in [6, 6.07) is 21.4. The third kappa shape index (κ3) is 9.55. The van der Waals surface area contributed by atoms with Crippen LogP contribution in [0.1, 0.15) is 54.9 Å². The highest BCUT2D eigenvalue weighted by atomic mass is 79.9. The van der Waals surface area contributed by atoms with Crippen molar-refractivity contribution in [2.45, 2.75) is 56.7 Å². The fraction of sp³-hybridized carbons (Fsp3) is 0.395. The number of aliphatic hydroxyl groups is 1. The van der Waals surface area contributed by atoms with Crippen LogP contribution >= 0.6 is 15.9 Å². The average molecular weight is 737 g/mol. The smallest absolute Gasteiger partial charge is 0.305 e. The number of aryl methyl sites for hydroxylation is 1. The summed E-state index contributed by atoms with van der Waals surface area (Å²) in [5, 5.41) is 14.5. The second-order valence-corrected chi connectivity index (χ2v) is 13.4. The van der Waals surface area contributed by atoms with Crippen molar-refractivity contribution in [3.05, 3.63) is 105 Å². The van der Waals surface area contributed by atoms with Crippen LogP contribution < -0.4 is 10.1 Å². The van der Waals surface area contributed by atoms with E-state index < -0.39 is 12.1 Å². The molecule has 0 aliphatic carbocycles. The Kier molecular flexibility index (Phi) is 12.6. The Morgan fingerprint density at radius 3 is 2.53 bits per heavy atom. The number of nitrogens with one attached hydrogen (secondary N) is 1. The van der Waals surface area contributed by atoms with E-state index in [0.29, 0.717) is 48.3 Å². The number of amides is 2. The van der Waals surface area contributed by atoms with Crippen LogP contribution in [-0.4, -0.2) is 85.2 Å². The maximum absolute atomic E-state index is 14.2. The summed E-state index contributed by atoms with van der Waals surface area (Å²) in [7, 11) is 3.02. The van der Waals surface area contributed by atoms with Crippen LogP contribution in [0, 0.1) is 5.82 Å². The lowest BCUT2D eigenvalue weighted by Crippen LogP contribution is -2.62. The molecule has 1 fully saturated rings. The molecule has 0 spiro atoms. The van der Waals surface area contributed by atoms with E-state index in [4.69, 9.17) is 9.47 Å². The summed E-state index contributed by atoms with van der Waals surface area (Å²) in [5.74, 6) is -0.481. The highest BCUT2D eigenvalue weighted by Gasteiger charge is 2.40. The zero-order chi connectivity index (χ0) is 34.9. The number of carbonyl (C=O) groups excluding carboxylic acids is 3. The molecule has 2 aliphatic heterocycles. The summed E-state index contributed by atoms with van der Waals surface area (Å²) in [6.07, 6.45) is 2.00. The van der Waals surface area contributed by atoms with Gasteiger partial charge in [0.25, 0.3) is 5.91 Å². The van der Waals surface area contributed by atoms with Crippen LogP contribution in [0.3, 0.4) is 0 Å². The van der Waals surface area contributed by atoms with Crippen molar-refractivity contribution in [2.24, 2.45) is 0 Å². The van der Waals surface area contributed by atoms with Crippen molar-refractivity contribution in [1.29, 1.82) is 0 Å². The van der Waals surface area contributed by atoms with Crippen molar-refractivity contribution in [3.63, 3.8) is 0 Å². The number of nitrogens with zero attached hydrogens (tertiary/aromatic N) is 2. The third-order valence-electron chi connectivity index (χ3n) is 9.03. The Balaban J connectivity index is 1.32. The molecule has 49 heavy (non-hydrogen) atoms. The minimum absolute atomic E-state index is 0.0472. The Hall–Kier alpha value is -4.06. The zero-order valence-corrected chi connectivity index (χ0v) is 29.5. The minimum atomic E-state index is -0.854. The molecule has 2 N–H and O–H groups in total. The molecule has 11 heteroatoms. The van der Waals surface area contributed by atoms with Crippen LogP contribution in [0.4, 0.5) is 4.39 Å². The first-order valence-corrected chi connectivity index (χ1v) is 17.4. The molecular weight excluding hydrogens is 693 g/mol. The van der Waals surface area contributed by atoms with Gasteiger partial charge in [-0.15, -0.1) is 0 Å². The van der Waals surface area contributed by atoms with E-state index in [0.717, 1.165) is 35.1 Å². The molecule has 260 valence electrons. The van der Waals surface area contributed by atoms with Crippen LogP contribution in [0.2, 0.25) is 0 Å². The van der Waals surface area contributed by atoms with Gasteiger partial charge in [0.15, 0.2) is 0 Å². The number of halogens is 2. The summed E-state index contributed by atoms with van der Waals surface area (Å²) in [4.78, 5) is 42.3. The van der Waals surface area contributed by atoms with Crippen molar-refractivity contribution >= 4 is 39.3 Å². The van der Waals surface area contributed by atoms with Gasteiger partial charge in [-0.2, -0.15) is 0 Å². The fourth-order valence-corrected chi connectivity index (χ4v) is 6.82. The lowest BCUT2D eigenvalue weighted by Gasteiger charge is -2.45. The van der Waals surface area contributed by atoms with E-state index >= 15 is 0 Å². The first-order valence-electron chi connectivity index (χ1n) is 16.6. The monoisotopic (exact) mass is 735 g/mol. The van der Waals surface area contributed by atoms with E-state index in [1.165, 1.54) is 19.2 Å². The van der Waals surface area contributed by atoms with Gasteiger partial charge in [0.2, 0.25) is 5.91 Å². The summed E-state index contributed by atoms with van der Waals surface area (Å²) in [5.41, 5.74) is 4.30. The van der Waals surface area contributed by atoms with Gasteiger partial charge < -0.3 is 29.7 Å². The summed E-state index contributed by atoms with van der Waals surface area (Å²) < 4.78 is 24.8. The summed E-state index contributed by atoms with van der Waals surface area (Å²) >= 11 is 3.39. The van der Waals surface area contributed by atoms with E-state index in [1.54, 1.807) is 22.9 Å². The van der Waals surface area contributed by atoms with Gasteiger partial charge in [0.05, 0.1) is 36.9 Å². The van der Waals surface area contributed by atoms with Crippen molar-refractivity contribution in [1.82, 2.24) is 15.1 Å². The average Bonchev–Trinajstić information content (AvgIpc) is 3.11. The number of likely N-dealkylation sites (N-methyl/N-ethyl adjacent to an activating group) is 1. The standard InChI is InChI=1S/C38H43BrFN3O6/c1-42(24-33(44)27-9-4-3-5-10-27)38(47)37-30(21-29-22-43(23-32(37)41-29)35(45)11-6-12-36(46)48-2)26-15-13-25(14-16-26)8-7-19-49-34-20-28(40)17-18-31(34)39/h3-5,9-10,13-18,20,29,32-33,41,44H,6-8,11-12,19,21-24H2,1-2H3/t29-,32-,33+/m1/s1. The number of carbonyl (C=O) groups is 3. The molecule has 2 heterocycles. The van der Waals surface area contributed by atoms with Gasteiger partial charge in [-0.05, 0) is 76.0 Å². The van der Waals surface area contributed by atoms with Gasteiger partial charge in [0, 0.05) is 50.7 Å². The number of methoxy groups -OCH3 is 1. The van der Waals surface area contributed by atoms with Gasteiger partial charge in [0.1, 0.15) is 11.6 Å². The van der Waals surface area contributed by atoms with Crippen LogP contribution in [0.15, 0.2) is 82.8 Å². The Labute approximate surface area is 295 Å². The normalized spacial score (nSPS) is 17.8. The predicted molar refractivity (Wildman–Crippen MR) is 188 cm³/mol. The van der Waals surface area contributed by atoms with Crippen molar-refractivity contribution in [3.8, 4) is 5.75 Å². The molecule has 2 amide bonds. The molecule has 2 bridgehead atoms. The number of esters is 1. The highest BCUT2D eigenvalue weighted by molar-refractivity contribution is 9.10. The second-order valence-electron chi connectivity index (χ2n) is 12.6. The number of benzene rings is 3. The molecule has 1 saturated heterocycles. The van der Waals surface area contributed by atoms with Crippen molar-refractivity contribution in [2.75, 3.05) is 40.4 Å². The Morgan fingerprint density at radius 1 is 1.04 bits per heavy atom. The number of hydrogen-bond donors (Lipinski definition) is 2. The molecule has 3 aromatic rings. The maximum Gasteiger partial charge on any atom is 0.305 e. The van der Waals surface area contributed by atoms with Gasteiger partial charge in [-0.25, -0.2) is 4.39 Å². The van der Waals surface area contributed by atoms with Gasteiger partial charge in [-0.1, -0.05) is 54.6 Å². The fourth-order valence-electron chi connectivity index (χ4n) is 6.46. The highest BCUT2D eigenvalue weighted by Crippen LogP contribution is 2.35. The molecule has 0 aromatic heterocycles. The van der Waals surface area contributed by atoms with E-state index in [1.807, 2.05) is 42.5 Å². The summed E-state index contributed by atoms with van der Waals surface area (Å²) in [6.45, 7) is 1.37. The first kappa shape index (κ1) is 36.2. The van der Waals surface area contributed by atoms with E-state index in [-0.39, 0.29) is 49.0 Å². The lowest BCUT2D eigenvalue weighted by atomic mass is 9.82. The molecule has 0 radical (unpaired) electrons. The number of aliphatic hydroxyl groups excluding tert-OH is 1. The molecule has 9 nitrogen and oxygen atoms in total. The van der Waals surface area contributed by atoms with Gasteiger partial charge in [-0.3, -0.25) is 14.4 Å². The molecular formula is C38H43BrFN3O6. The molecule has 0 unspecified atom stereocenters. The van der Waals surface area contributed by atoms with Crippen LogP contribution in [-0.2, 0) is 25.5 Å². The van der Waals surface area contributed by atoms with E-state index in [2.05, 4.69) is 33.4 Å². The first-order chi connectivity index (χ1) is 23.6. The third-order valence-corrected chi connectivity index (χ3v) is 9.68. The Bertz CT molecular complexity index is 1650. The van der Waals surface area contributed by atoms with Crippen LogP contribution in [0.25, 0.3) is 5.57 Å². The number of rotatable bonds is 14.